The van der Waals surface area contributed by atoms with E-state index in [0.717, 1.165) is 28.8 Å². The van der Waals surface area contributed by atoms with Crippen molar-refractivity contribution in [3.8, 4) is 5.88 Å². The molecule has 3 heterocycles. The first-order chi connectivity index (χ1) is 20.1. The smallest absolute Gasteiger partial charge is 0.859 e. The van der Waals surface area contributed by atoms with Gasteiger partial charge >= 0.3 is 29.6 Å². The van der Waals surface area contributed by atoms with E-state index in [1.54, 1.807) is 13.1 Å². The Morgan fingerprint density at radius 1 is 0.977 bits per heavy atom. The number of hydrogen-bond donors (Lipinski definition) is 2. The van der Waals surface area contributed by atoms with Crippen LogP contribution in [0.5, 0.6) is 5.88 Å². The number of carbonyl (C=O) groups is 2. The molecule has 0 bridgehead atoms. The summed E-state index contributed by atoms with van der Waals surface area (Å²) >= 11 is 0. The van der Waals surface area contributed by atoms with Gasteiger partial charge in [0.25, 0.3) is 10.0 Å². The zero-order chi connectivity index (χ0) is 31.8. The average Bonchev–Trinajstić information content (AvgIpc) is 3.00. The van der Waals surface area contributed by atoms with Gasteiger partial charge in [-0.15, -0.1) is 4.40 Å². The van der Waals surface area contributed by atoms with Crippen LogP contribution in [0.3, 0.4) is 0 Å². The van der Waals surface area contributed by atoms with Crippen LogP contribution in [-0.2, 0) is 26.0 Å². The molecule has 2 aromatic carbocycles. The van der Waals surface area contributed by atoms with Gasteiger partial charge in [0, 0.05) is 30.9 Å². The molecule has 5 rings (SSSR count). The standard InChI is InChI=1S/C24H17F3N4O4S.C2H6.2CH2O.Na/c1-28-14-4-6-18-20(10-14)36(34,35)30-23(29-18)21-22(32)15(8-12-2-5-16(26)17(27)9-12)19-7-3-13(25)11-31(19)24(21)33;3*1-2;/h2-7,9-11,28,33H,8H2,1H3,(H,29,30);1-2H3;2*1H2;/q;;;;+1/p-1. The second-order valence-corrected chi connectivity index (χ2v) is 9.59. The fourth-order valence-electron chi connectivity index (χ4n) is 4.03. The fourth-order valence-corrected chi connectivity index (χ4v) is 5.18. The Kier molecular flexibility index (Phi) is 13.8. The van der Waals surface area contributed by atoms with Crippen LogP contribution >= 0.6 is 0 Å². The number of benzene rings is 2. The summed E-state index contributed by atoms with van der Waals surface area (Å²) in [5.74, 6) is -4.53. The summed E-state index contributed by atoms with van der Waals surface area (Å²) in [6.07, 6.45) is 0.598. The minimum absolute atomic E-state index is 0. The Morgan fingerprint density at radius 3 is 2.23 bits per heavy atom. The van der Waals surface area contributed by atoms with Crippen molar-refractivity contribution in [2.45, 2.75) is 25.2 Å². The van der Waals surface area contributed by atoms with Crippen LogP contribution in [-0.4, -0.2) is 39.3 Å². The number of anilines is 2. The Labute approximate surface area is 267 Å². The number of carbonyl (C=O) groups excluding carboxylic acids is 2. The van der Waals surface area contributed by atoms with Crippen molar-refractivity contribution in [2.75, 3.05) is 17.7 Å². The van der Waals surface area contributed by atoms with Crippen molar-refractivity contribution >= 4 is 46.3 Å². The zero-order valence-electron chi connectivity index (χ0n) is 23.7. The van der Waals surface area contributed by atoms with Crippen molar-refractivity contribution in [2.24, 2.45) is 4.40 Å². The third-order valence-electron chi connectivity index (χ3n) is 5.77. The van der Waals surface area contributed by atoms with Gasteiger partial charge in [-0.2, -0.15) is 8.42 Å². The van der Waals surface area contributed by atoms with E-state index in [9.17, 15) is 31.5 Å². The molecule has 0 saturated carbocycles. The number of aromatic nitrogens is 1. The number of rotatable bonds is 4. The fraction of sp³-hybridized carbons (Fsp3) is 0.143. The summed E-state index contributed by atoms with van der Waals surface area (Å²) in [4.78, 5) is 29.4. The molecule has 0 spiro atoms. The third-order valence-corrected chi connectivity index (χ3v) is 7.09. The summed E-state index contributed by atoms with van der Waals surface area (Å²) in [5.41, 5.74) is -0.762. The van der Waals surface area contributed by atoms with Crippen LogP contribution in [0.2, 0.25) is 0 Å². The molecule has 2 aromatic heterocycles. The molecule has 0 aliphatic carbocycles. The Morgan fingerprint density at radius 2 is 1.63 bits per heavy atom. The minimum atomic E-state index is -4.32. The molecule has 1 aliphatic rings. The summed E-state index contributed by atoms with van der Waals surface area (Å²) < 4.78 is 71.6. The summed E-state index contributed by atoms with van der Waals surface area (Å²) in [5, 5.41) is 18.8. The molecule has 43 heavy (non-hydrogen) atoms. The predicted octanol–water partition coefficient (Wildman–Crippen LogP) is 0.644. The second-order valence-electron chi connectivity index (χ2n) is 8.02. The topological polar surface area (TPSA) is 149 Å². The monoisotopic (exact) mass is 626 g/mol. The summed E-state index contributed by atoms with van der Waals surface area (Å²) in [6.45, 7) is 8.00. The first-order valence-electron chi connectivity index (χ1n) is 12.1. The van der Waals surface area contributed by atoms with Gasteiger partial charge in [-0.3, -0.25) is 4.79 Å². The minimum Gasteiger partial charge on any atom is -0.859 e. The number of nitrogens with zero attached hydrogens (tertiary/aromatic N) is 2. The molecular weight excluding hydrogens is 600 g/mol. The Hall–Kier alpha value is -3.98. The van der Waals surface area contributed by atoms with E-state index < -0.39 is 50.2 Å². The molecule has 0 amide bonds. The van der Waals surface area contributed by atoms with Crippen LogP contribution in [0.1, 0.15) is 30.5 Å². The molecule has 0 radical (unpaired) electrons. The van der Waals surface area contributed by atoms with Gasteiger partial charge in [0.1, 0.15) is 24.3 Å². The SMILES string of the molecule is C=O.C=O.CC.CNc1ccc2c(c1)S(=O)(=O)N=C(c1c([O-])n3cc(F)ccc3c(Cc3ccc(F)c(F)c3)c1=O)N2.[Na+]. The molecule has 1 aliphatic heterocycles. The van der Waals surface area contributed by atoms with Crippen molar-refractivity contribution in [1.29, 1.82) is 0 Å². The number of pyridine rings is 2. The molecule has 222 valence electrons. The second kappa shape index (κ2) is 16.0. The largest absolute Gasteiger partial charge is 1.00 e. The van der Waals surface area contributed by atoms with Crippen molar-refractivity contribution in [3.05, 3.63) is 99.1 Å². The van der Waals surface area contributed by atoms with Crippen molar-refractivity contribution < 1.29 is 65.8 Å². The molecule has 15 heteroatoms. The van der Waals surface area contributed by atoms with E-state index in [2.05, 4.69) is 15.0 Å². The van der Waals surface area contributed by atoms with Crippen LogP contribution in [0.25, 0.3) is 5.52 Å². The number of fused-ring (bicyclic) bond motifs is 2. The van der Waals surface area contributed by atoms with Crippen LogP contribution in [0.15, 0.2) is 68.8 Å². The normalized spacial score (nSPS) is 12.2. The van der Waals surface area contributed by atoms with Gasteiger partial charge in [-0.1, -0.05) is 19.9 Å². The van der Waals surface area contributed by atoms with Gasteiger partial charge in [0.15, 0.2) is 22.9 Å². The van der Waals surface area contributed by atoms with Gasteiger partial charge < -0.3 is 29.7 Å². The van der Waals surface area contributed by atoms with Crippen molar-refractivity contribution in [3.63, 3.8) is 0 Å². The van der Waals surface area contributed by atoms with Gasteiger partial charge in [0.05, 0.1) is 16.8 Å². The van der Waals surface area contributed by atoms with Gasteiger partial charge in [-0.05, 0) is 53.9 Å². The van der Waals surface area contributed by atoms with Crippen LogP contribution in [0, 0.1) is 17.5 Å². The third kappa shape index (κ3) is 7.70. The number of sulfonamides is 1. The number of halogens is 3. The maximum atomic E-state index is 14.1. The number of amidine groups is 1. The summed E-state index contributed by atoms with van der Waals surface area (Å²) in [7, 11) is -2.71. The molecule has 10 nitrogen and oxygen atoms in total. The van der Waals surface area contributed by atoms with Gasteiger partial charge in [-0.25, -0.2) is 13.2 Å². The summed E-state index contributed by atoms with van der Waals surface area (Å²) in [6, 6.07) is 9.67. The van der Waals surface area contributed by atoms with E-state index in [0.29, 0.717) is 5.69 Å². The average molecular weight is 627 g/mol. The Balaban J connectivity index is 0.00000124. The van der Waals surface area contributed by atoms with Crippen molar-refractivity contribution in [1.82, 2.24) is 4.40 Å². The Bertz CT molecular complexity index is 1820. The molecule has 0 fully saturated rings. The maximum Gasteiger partial charge on any atom is 1.00 e. The zero-order valence-corrected chi connectivity index (χ0v) is 26.5. The quantitative estimate of drug-likeness (QED) is 0.314. The van der Waals surface area contributed by atoms with E-state index in [4.69, 9.17) is 9.59 Å². The van der Waals surface area contributed by atoms with E-state index in [1.807, 2.05) is 27.4 Å². The first kappa shape index (κ1) is 37.0. The van der Waals surface area contributed by atoms with E-state index >= 15 is 0 Å². The molecule has 0 atom stereocenters. The number of hydrogen-bond acceptors (Lipinski definition) is 8. The van der Waals surface area contributed by atoms with E-state index in [1.165, 1.54) is 24.3 Å². The molecule has 0 unspecified atom stereocenters. The van der Waals surface area contributed by atoms with Crippen LogP contribution < -0.4 is 50.7 Å². The molecule has 2 N–H and O–H groups in total. The molecular formula is C28H26F3N4NaO6S. The predicted molar refractivity (Wildman–Crippen MR) is 151 cm³/mol. The maximum absolute atomic E-state index is 14.1. The first-order valence-corrected chi connectivity index (χ1v) is 13.5. The van der Waals surface area contributed by atoms with Crippen LogP contribution in [0.4, 0.5) is 24.5 Å². The molecule has 0 saturated heterocycles. The number of nitrogens with one attached hydrogen (secondary N) is 2. The molecule has 4 aromatic rings. The van der Waals surface area contributed by atoms with Gasteiger partial charge in [0.2, 0.25) is 0 Å². The van der Waals surface area contributed by atoms with E-state index in [-0.39, 0.29) is 63.2 Å².